The van der Waals surface area contributed by atoms with Crippen LogP contribution in [0.5, 0.6) is 0 Å². The summed E-state index contributed by atoms with van der Waals surface area (Å²) in [5.74, 6) is -2.99. The number of amides is 2. The van der Waals surface area contributed by atoms with E-state index in [2.05, 4.69) is 5.32 Å². The fraction of sp³-hybridized carbons (Fsp3) is 0.739. The minimum absolute atomic E-state index is 0.0193. The molecule has 0 bridgehead atoms. The molecule has 0 aromatic heterocycles. The molecule has 1 aliphatic carbocycles. The SMILES string of the molecule is O=C(NCC1CCN(CC(=O)N2CCC(CO)CC2)CC1)C1=CC(C(F)(F)F)=CC(C(F)(F)F)C1. The Balaban J connectivity index is 1.45. The van der Waals surface area contributed by atoms with Crippen molar-refractivity contribution >= 4 is 11.8 Å². The van der Waals surface area contributed by atoms with Crippen molar-refractivity contribution in [2.75, 3.05) is 45.9 Å². The number of allylic oxidation sites excluding steroid dienone is 3. The fourth-order valence-corrected chi connectivity index (χ4v) is 4.71. The number of nitrogens with one attached hydrogen (secondary N) is 1. The minimum atomic E-state index is -4.98. The van der Waals surface area contributed by atoms with Crippen LogP contribution in [0.25, 0.3) is 0 Å². The van der Waals surface area contributed by atoms with Gasteiger partial charge in [0.1, 0.15) is 0 Å². The van der Waals surface area contributed by atoms with Gasteiger partial charge in [0, 0.05) is 31.8 Å². The second-order valence-electron chi connectivity index (χ2n) is 9.58. The Morgan fingerprint density at radius 3 is 2.11 bits per heavy atom. The maximum Gasteiger partial charge on any atom is 0.416 e. The molecule has 3 rings (SSSR count). The molecule has 2 fully saturated rings. The lowest BCUT2D eigenvalue weighted by Gasteiger charge is -2.35. The zero-order chi connectivity index (χ0) is 25.8. The molecule has 0 saturated carbocycles. The lowest BCUT2D eigenvalue weighted by atomic mass is 9.88. The zero-order valence-corrected chi connectivity index (χ0v) is 19.3. The van der Waals surface area contributed by atoms with E-state index in [1.165, 1.54) is 0 Å². The van der Waals surface area contributed by atoms with Crippen LogP contribution in [-0.4, -0.2) is 84.9 Å². The number of hydrogen-bond acceptors (Lipinski definition) is 4. The molecule has 0 aromatic rings. The summed E-state index contributed by atoms with van der Waals surface area (Å²) < 4.78 is 78.4. The Hall–Kier alpha value is -2.08. The van der Waals surface area contributed by atoms with Gasteiger partial charge in [0.2, 0.25) is 11.8 Å². The Morgan fingerprint density at radius 2 is 1.57 bits per heavy atom. The number of piperidine rings is 2. The maximum atomic E-state index is 13.1. The van der Waals surface area contributed by atoms with Gasteiger partial charge in [-0.3, -0.25) is 14.5 Å². The molecule has 2 aliphatic heterocycles. The van der Waals surface area contributed by atoms with E-state index >= 15 is 0 Å². The van der Waals surface area contributed by atoms with Crippen LogP contribution in [0.2, 0.25) is 0 Å². The quantitative estimate of drug-likeness (QED) is 0.538. The highest BCUT2D eigenvalue weighted by atomic mass is 19.4. The highest BCUT2D eigenvalue weighted by molar-refractivity contribution is 5.94. The number of hydrogen-bond donors (Lipinski definition) is 2. The largest absolute Gasteiger partial charge is 0.416 e. The molecule has 2 N–H and O–H groups in total. The molecule has 2 heterocycles. The van der Waals surface area contributed by atoms with Crippen molar-refractivity contribution in [3.05, 3.63) is 23.3 Å². The van der Waals surface area contributed by atoms with Crippen molar-refractivity contribution in [3.8, 4) is 0 Å². The number of alkyl halides is 6. The van der Waals surface area contributed by atoms with Crippen LogP contribution in [0.15, 0.2) is 23.3 Å². The topological polar surface area (TPSA) is 72.9 Å². The van der Waals surface area contributed by atoms with Gasteiger partial charge in [-0.1, -0.05) is 6.08 Å². The average molecular weight is 512 g/mol. The first-order valence-electron chi connectivity index (χ1n) is 11.8. The van der Waals surface area contributed by atoms with E-state index in [9.17, 15) is 41.0 Å². The molecule has 0 spiro atoms. The van der Waals surface area contributed by atoms with Crippen molar-refractivity contribution in [1.82, 2.24) is 15.1 Å². The van der Waals surface area contributed by atoms with Gasteiger partial charge < -0.3 is 15.3 Å². The molecule has 1 atom stereocenters. The predicted octanol–water partition coefficient (Wildman–Crippen LogP) is 3.04. The molecule has 35 heavy (non-hydrogen) atoms. The second-order valence-corrected chi connectivity index (χ2v) is 9.58. The van der Waals surface area contributed by atoms with Crippen LogP contribution in [-0.2, 0) is 9.59 Å². The molecule has 6 nitrogen and oxygen atoms in total. The molecule has 12 heteroatoms. The highest BCUT2D eigenvalue weighted by Crippen LogP contribution is 2.40. The van der Waals surface area contributed by atoms with Crippen molar-refractivity contribution in [2.24, 2.45) is 17.8 Å². The monoisotopic (exact) mass is 511 g/mol. The summed E-state index contributed by atoms with van der Waals surface area (Å²) >= 11 is 0. The van der Waals surface area contributed by atoms with Crippen molar-refractivity contribution in [1.29, 1.82) is 0 Å². The summed E-state index contributed by atoms with van der Waals surface area (Å²) in [7, 11) is 0. The summed E-state index contributed by atoms with van der Waals surface area (Å²) in [6, 6.07) is 0. The summed E-state index contributed by atoms with van der Waals surface area (Å²) in [6.45, 7) is 3.03. The van der Waals surface area contributed by atoms with Gasteiger partial charge in [-0.05, 0) is 63.1 Å². The van der Waals surface area contributed by atoms with Crippen LogP contribution >= 0.6 is 0 Å². The van der Waals surface area contributed by atoms with Gasteiger partial charge in [0.05, 0.1) is 18.0 Å². The van der Waals surface area contributed by atoms with Crippen LogP contribution in [0.1, 0.15) is 32.1 Å². The smallest absolute Gasteiger partial charge is 0.396 e. The van der Waals surface area contributed by atoms with Crippen molar-refractivity contribution < 1.29 is 41.0 Å². The van der Waals surface area contributed by atoms with Crippen LogP contribution in [0.4, 0.5) is 26.3 Å². The van der Waals surface area contributed by atoms with E-state index in [0.29, 0.717) is 45.1 Å². The number of rotatable bonds is 6. The van der Waals surface area contributed by atoms with Gasteiger partial charge in [0.15, 0.2) is 0 Å². The third kappa shape index (κ3) is 7.70. The molecule has 198 valence electrons. The number of aliphatic hydroxyl groups is 1. The van der Waals surface area contributed by atoms with E-state index in [4.69, 9.17) is 0 Å². The number of nitrogens with zero attached hydrogens (tertiary/aromatic N) is 2. The standard InChI is InChI=1S/C23H31F6N3O3/c24-22(25,26)18-9-17(10-19(11-18)23(27,28)29)21(35)30-12-15-1-5-31(6-2-15)13-20(34)32-7-3-16(14-33)4-8-32/h9,11,15-16,19,33H,1-8,10,12-14H2,(H,30,35). The third-order valence-corrected chi connectivity index (χ3v) is 7.03. The minimum Gasteiger partial charge on any atom is -0.396 e. The van der Waals surface area contributed by atoms with Crippen molar-refractivity contribution in [3.63, 3.8) is 0 Å². The van der Waals surface area contributed by atoms with Crippen LogP contribution in [0.3, 0.4) is 0 Å². The molecule has 2 saturated heterocycles. The van der Waals surface area contributed by atoms with Crippen molar-refractivity contribution in [2.45, 2.75) is 44.5 Å². The van der Waals surface area contributed by atoms with E-state index in [1.807, 2.05) is 4.90 Å². The highest BCUT2D eigenvalue weighted by Gasteiger charge is 2.45. The molecule has 3 aliphatic rings. The van der Waals surface area contributed by atoms with Gasteiger partial charge in [0.25, 0.3) is 0 Å². The lowest BCUT2D eigenvalue weighted by molar-refractivity contribution is -0.162. The Morgan fingerprint density at radius 1 is 0.971 bits per heavy atom. The fourth-order valence-electron chi connectivity index (χ4n) is 4.71. The summed E-state index contributed by atoms with van der Waals surface area (Å²) in [5.41, 5.74) is -2.00. The van der Waals surface area contributed by atoms with E-state index < -0.39 is 41.7 Å². The first kappa shape index (κ1) is 27.5. The van der Waals surface area contributed by atoms with E-state index in [0.717, 1.165) is 12.8 Å². The number of carbonyl (C=O) groups excluding carboxylic acids is 2. The zero-order valence-electron chi connectivity index (χ0n) is 19.3. The average Bonchev–Trinajstić information content (AvgIpc) is 2.82. The number of carbonyl (C=O) groups is 2. The predicted molar refractivity (Wildman–Crippen MR) is 115 cm³/mol. The molecular formula is C23H31F6N3O3. The molecule has 0 radical (unpaired) electrons. The summed E-state index contributed by atoms with van der Waals surface area (Å²) in [5, 5.41) is 11.7. The second kappa shape index (κ2) is 11.3. The van der Waals surface area contributed by atoms with E-state index in [1.54, 1.807) is 4.90 Å². The first-order valence-corrected chi connectivity index (χ1v) is 11.8. The molecule has 0 aromatic carbocycles. The van der Waals surface area contributed by atoms with Gasteiger partial charge in [-0.25, -0.2) is 0 Å². The number of aliphatic hydroxyl groups excluding tert-OH is 1. The van der Waals surface area contributed by atoms with Crippen LogP contribution < -0.4 is 5.32 Å². The molecular weight excluding hydrogens is 480 g/mol. The number of likely N-dealkylation sites (tertiary alicyclic amines) is 2. The van der Waals surface area contributed by atoms with E-state index in [-0.39, 0.29) is 43.5 Å². The summed E-state index contributed by atoms with van der Waals surface area (Å²) in [6.07, 6.45) is -7.20. The van der Waals surface area contributed by atoms with Crippen LogP contribution in [0, 0.1) is 17.8 Å². The maximum absolute atomic E-state index is 13.1. The first-order chi connectivity index (χ1) is 16.4. The third-order valence-electron chi connectivity index (χ3n) is 7.03. The molecule has 2 amide bonds. The lowest BCUT2D eigenvalue weighted by Crippen LogP contribution is -2.47. The Bertz CT molecular complexity index is 823. The molecule has 1 unspecified atom stereocenters. The van der Waals surface area contributed by atoms with Gasteiger partial charge in [-0.2, -0.15) is 26.3 Å². The summed E-state index contributed by atoms with van der Waals surface area (Å²) in [4.78, 5) is 28.7. The Labute approximate surface area is 200 Å². The normalized spacial score (nSPS) is 23.6. The Kier molecular flexibility index (Phi) is 8.90. The van der Waals surface area contributed by atoms with Gasteiger partial charge in [-0.15, -0.1) is 0 Å². The number of halogens is 6. The van der Waals surface area contributed by atoms with Gasteiger partial charge >= 0.3 is 12.4 Å².